The molecular weight excluding hydrogens is 323 g/mol. The highest BCUT2D eigenvalue weighted by molar-refractivity contribution is 5.82. The van der Waals surface area contributed by atoms with E-state index >= 15 is 0 Å². The molecule has 4 nitrogen and oxygen atoms in total. The first kappa shape index (κ1) is 17.6. The molecule has 1 aliphatic rings. The summed E-state index contributed by atoms with van der Waals surface area (Å²) in [6.07, 6.45) is -1.77. The van der Waals surface area contributed by atoms with E-state index in [1.165, 1.54) is 6.92 Å². The molecule has 0 N–H and O–H groups in total. The number of carbonyl (C=O) groups is 1. The van der Waals surface area contributed by atoms with Crippen molar-refractivity contribution in [1.29, 1.82) is 0 Å². The fourth-order valence-corrected chi connectivity index (χ4v) is 2.79. The van der Waals surface area contributed by atoms with Gasteiger partial charge in [0, 0.05) is 0 Å². The Morgan fingerprint density at radius 2 is 1.56 bits per heavy atom. The Labute approximate surface area is 146 Å². The molecular formula is C20H21FO4. The summed E-state index contributed by atoms with van der Waals surface area (Å²) < 4.78 is 31.2. The number of ether oxygens (including phenoxy) is 3. The maximum atomic E-state index is 14.7. The Kier molecular flexibility index (Phi) is 5.46. The summed E-state index contributed by atoms with van der Waals surface area (Å²) in [7, 11) is 0. The molecule has 0 spiro atoms. The molecule has 1 fully saturated rings. The third-order valence-corrected chi connectivity index (χ3v) is 4.20. The van der Waals surface area contributed by atoms with Gasteiger partial charge in [-0.05, 0) is 18.1 Å². The zero-order valence-corrected chi connectivity index (χ0v) is 14.1. The van der Waals surface area contributed by atoms with E-state index in [1.807, 2.05) is 60.7 Å². The molecule has 5 heteroatoms. The summed E-state index contributed by atoms with van der Waals surface area (Å²) in [6, 6.07) is 19.0. The van der Waals surface area contributed by atoms with Gasteiger partial charge in [-0.3, -0.25) is 0 Å². The summed E-state index contributed by atoms with van der Waals surface area (Å²) >= 11 is 0. The van der Waals surface area contributed by atoms with Gasteiger partial charge in [0.05, 0.1) is 19.8 Å². The van der Waals surface area contributed by atoms with Crippen LogP contribution in [0.25, 0.3) is 0 Å². The fraction of sp³-hybridized carbons (Fsp3) is 0.350. The predicted molar refractivity (Wildman–Crippen MR) is 90.5 cm³/mol. The molecule has 1 aliphatic heterocycles. The van der Waals surface area contributed by atoms with Gasteiger partial charge in [-0.25, -0.2) is 9.18 Å². The van der Waals surface area contributed by atoms with Crippen molar-refractivity contribution < 1.29 is 23.4 Å². The number of rotatable bonds is 7. The van der Waals surface area contributed by atoms with Crippen LogP contribution in [0.5, 0.6) is 0 Å². The van der Waals surface area contributed by atoms with E-state index in [0.29, 0.717) is 6.61 Å². The maximum absolute atomic E-state index is 14.7. The van der Waals surface area contributed by atoms with Crippen molar-refractivity contribution in [2.24, 2.45) is 0 Å². The van der Waals surface area contributed by atoms with Crippen LogP contribution < -0.4 is 0 Å². The number of hydrogen-bond acceptors (Lipinski definition) is 4. The summed E-state index contributed by atoms with van der Waals surface area (Å²) in [5, 5.41) is 0. The molecule has 1 heterocycles. The molecule has 0 bridgehead atoms. The summed E-state index contributed by atoms with van der Waals surface area (Å²) in [5.74, 6) is -0.904. The standard InChI is InChI=1S/C20H21FO4/c1-20(21)18(24-13-16-10-6-3-7-11-16)17(25-19(20)22)14-23-12-15-8-4-2-5-9-15/h2-11,17-18H,12-14H2,1H3/t17-,18-,20-/m1/s1. The van der Waals surface area contributed by atoms with Crippen molar-refractivity contribution in [1.82, 2.24) is 0 Å². The molecule has 0 amide bonds. The number of cyclic esters (lactones) is 1. The van der Waals surface area contributed by atoms with E-state index in [0.717, 1.165) is 11.1 Å². The first-order chi connectivity index (χ1) is 12.1. The second kappa shape index (κ2) is 7.76. The third kappa shape index (κ3) is 4.24. The summed E-state index contributed by atoms with van der Waals surface area (Å²) in [4.78, 5) is 11.8. The highest BCUT2D eigenvalue weighted by Gasteiger charge is 2.56. The van der Waals surface area contributed by atoms with E-state index in [1.54, 1.807) is 0 Å². The molecule has 0 aromatic heterocycles. The predicted octanol–water partition coefficient (Wildman–Crippen LogP) is 3.44. The molecule has 0 aliphatic carbocycles. The van der Waals surface area contributed by atoms with Gasteiger partial charge in [0.15, 0.2) is 6.10 Å². The van der Waals surface area contributed by atoms with Crippen molar-refractivity contribution >= 4 is 5.97 Å². The normalized spacial score (nSPS) is 25.8. The van der Waals surface area contributed by atoms with Crippen LogP contribution in [-0.4, -0.2) is 30.5 Å². The van der Waals surface area contributed by atoms with Gasteiger partial charge >= 0.3 is 5.97 Å². The lowest BCUT2D eigenvalue weighted by Gasteiger charge is -2.23. The van der Waals surface area contributed by atoms with Crippen LogP contribution in [0.3, 0.4) is 0 Å². The topological polar surface area (TPSA) is 44.8 Å². The van der Waals surface area contributed by atoms with Gasteiger partial charge in [-0.1, -0.05) is 60.7 Å². The molecule has 0 radical (unpaired) electrons. The van der Waals surface area contributed by atoms with Gasteiger partial charge in [0.25, 0.3) is 0 Å². The largest absolute Gasteiger partial charge is 0.455 e. The number of alkyl halides is 1. The van der Waals surface area contributed by atoms with Gasteiger partial charge in [0.2, 0.25) is 5.67 Å². The molecule has 25 heavy (non-hydrogen) atoms. The number of hydrogen-bond donors (Lipinski definition) is 0. The van der Waals surface area contributed by atoms with E-state index < -0.39 is 23.8 Å². The molecule has 0 unspecified atom stereocenters. The van der Waals surface area contributed by atoms with E-state index in [4.69, 9.17) is 14.2 Å². The molecule has 3 atom stereocenters. The van der Waals surface area contributed by atoms with E-state index in [-0.39, 0.29) is 13.2 Å². The number of carbonyl (C=O) groups excluding carboxylic acids is 1. The van der Waals surface area contributed by atoms with Gasteiger partial charge in [0.1, 0.15) is 6.10 Å². The Balaban J connectivity index is 1.59. The molecule has 3 rings (SSSR count). The zero-order chi connectivity index (χ0) is 17.7. The van der Waals surface area contributed by atoms with Crippen LogP contribution in [-0.2, 0) is 32.2 Å². The quantitative estimate of drug-likeness (QED) is 0.722. The minimum absolute atomic E-state index is 0.0829. The lowest BCUT2D eigenvalue weighted by atomic mass is 10.0. The van der Waals surface area contributed by atoms with Crippen LogP contribution in [0.2, 0.25) is 0 Å². The van der Waals surface area contributed by atoms with E-state index in [2.05, 4.69) is 0 Å². The zero-order valence-electron chi connectivity index (χ0n) is 14.1. The first-order valence-electron chi connectivity index (χ1n) is 8.24. The first-order valence-corrected chi connectivity index (χ1v) is 8.24. The van der Waals surface area contributed by atoms with Crippen molar-refractivity contribution in [3.05, 3.63) is 71.8 Å². The Morgan fingerprint density at radius 3 is 2.16 bits per heavy atom. The fourth-order valence-electron chi connectivity index (χ4n) is 2.79. The lowest BCUT2D eigenvalue weighted by Crippen LogP contribution is -2.42. The third-order valence-electron chi connectivity index (χ3n) is 4.20. The van der Waals surface area contributed by atoms with Crippen LogP contribution >= 0.6 is 0 Å². The Bertz CT molecular complexity index is 687. The van der Waals surface area contributed by atoms with Gasteiger partial charge in [-0.15, -0.1) is 0 Å². The molecule has 132 valence electrons. The monoisotopic (exact) mass is 344 g/mol. The second-order valence-electron chi connectivity index (χ2n) is 6.24. The summed E-state index contributed by atoms with van der Waals surface area (Å²) in [6.45, 7) is 1.85. The summed E-state index contributed by atoms with van der Waals surface area (Å²) in [5.41, 5.74) is -0.284. The lowest BCUT2D eigenvalue weighted by molar-refractivity contribution is -0.150. The van der Waals surface area contributed by atoms with Crippen LogP contribution in [0, 0.1) is 0 Å². The van der Waals surface area contributed by atoms with Gasteiger partial charge in [-0.2, -0.15) is 0 Å². The Hall–Kier alpha value is -2.24. The highest BCUT2D eigenvalue weighted by Crippen LogP contribution is 2.33. The minimum Gasteiger partial charge on any atom is -0.455 e. The second-order valence-corrected chi connectivity index (χ2v) is 6.24. The van der Waals surface area contributed by atoms with E-state index in [9.17, 15) is 9.18 Å². The van der Waals surface area contributed by atoms with Crippen LogP contribution in [0.1, 0.15) is 18.1 Å². The molecule has 2 aromatic carbocycles. The smallest absolute Gasteiger partial charge is 0.346 e. The number of esters is 1. The highest BCUT2D eigenvalue weighted by atomic mass is 19.1. The Morgan fingerprint density at radius 1 is 1.00 bits per heavy atom. The van der Waals surface area contributed by atoms with Gasteiger partial charge < -0.3 is 14.2 Å². The molecule has 1 saturated heterocycles. The average Bonchev–Trinajstić information content (AvgIpc) is 2.84. The molecule has 0 saturated carbocycles. The van der Waals surface area contributed by atoms with Crippen molar-refractivity contribution in [2.75, 3.05) is 6.61 Å². The maximum Gasteiger partial charge on any atom is 0.346 e. The molecule has 2 aromatic rings. The van der Waals surface area contributed by atoms with Crippen LogP contribution in [0.15, 0.2) is 60.7 Å². The number of halogens is 1. The van der Waals surface area contributed by atoms with Crippen molar-refractivity contribution in [2.45, 2.75) is 38.0 Å². The van der Waals surface area contributed by atoms with Crippen LogP contribution in [0.4, 0.5) is 4.39 Å². The van der Waals surface area contributed by atoms with Crippen molar-refractivity contribution in [3.63, 3.8) is 0 Å². The average molecular weight is 344 g/mol. The number of benzene rings is 2. The minimum atomic E-state index is -2.18. The van der Waals surface area contributed by atoms with Crippen molar-refractivity contribution in [3.8, 4) is 0 Å². The SMILES string of the molecule is C[C@]1(F)C(=O)O[C@H](COCc2ccccc2)[C@H]1OCc1ccccc1.